The molecule has 1 amide bonds. The molecule has 0 unspecified atom stereocenters. The quantitative estimate of drug-likeness (QED) is 0.743. The number of nitrogens with one attached hydrogen (secondary N) is 1. The van der Waals surface area contributed by atoms with E-state index in [-0.39, 0.29) is 16.1 Å². The van der Waals surface area contributed by atoms with Gasteiger partial charge < -0.3 is 10.2 Å². The Morgan fingerprint density at radius 1 is 1.10 bits per heavy atom. The van der Waals surface area contributed by atoms with Crippen LogP contribution in [0.3, 0.4) is 0 Å². The molecule has 6 nitrogen and oxygen atoms in total. The maximum absolute atomic E-state index is 14.5. The first-order valence-corrected chi connectivity index (χ1v) is 11.3. The molecular weight excluding hydrogens is 393 g/mol. The lowest BCUT2D eigenvalue weighted by atomic mass is 10.2. The first kappa shape index (κ1) is 21.3. The van der Waals surface area contributed by atoms with Crippen LogP contribution in [0.25, 0.3) is 0 Å². The van der Waals surface area contributed by atoms with Crippen LogP contribution < -0.4 is 10.2 Å². The van der Waals surface area contributed by atoms with Crippen molar-refractivity contribution in [3.8, 4) is 0 Å². The lowest BCUT2D eigenvalue weighted by Gasteiger charge is -2.22. The topological polar surface area (TPSA) is 69.7 Å². The zero-order valence-corrected chi connectivity index (χ0v) is 17.5. The van der Waals surface area contributed by atoms with Gasteiger partial charge in [0.2, 0.25) is 10.0 Å². The molecule has 2 aromatic rings. The molecule has 1 saturated heterocycles. The number of nitrogens with zero attached hydrogens (tertiary/aromatic N) is 2. The van der Waals surface area contributed by atoms with Crippen molar-refractivity contribution >= 4 is 27.3 Å². The molecule has 0 spiro atoms. The van der Waals surface area contributed by atoms with E-state index in [9.17, 15) is 17.6 Å². The van der Waals surface area contributed by atoms with Gasteiger partial charge in [0, 0.05) is 31.7 Å². The highest BCUT2D eigenvalue weighted by molar-refractivity contribution is 7.89. The largest absolute Gasteiger partial charge is 0.370 e. The molecule has 156 valence electrons. The summed E-state index contributed by atoms with van der Waals surface area (Å²) in [6.07, 6.45) is 2.05. The minimum Gasteiger partial charge on any atom is -0.370 e. The molecule has 8 heteroatoms. The van der Waals surface area contributed by atoms with Gasteiger partial charge in [-0.25, -0.2) is 12.8 Å². The fraction of sp³-hybridized carbons (Fsp3) is 0.381. The van der Waals surface area contributed by atoms with E-state index in [2.05, 4.69) is 5.32 Å². The number of benzene rings is 2. The normalized spacial score (nSPS) is 14.4. The number of carbonyl (C=O) groups excluding carboxylic acids is 1. The average Bonchev–Trinajstić information content (AvgIpc) is 3.25. The van der Waals surface area contributed by atoms with Gasteiger partial charge in [-0.3, -0.25) is 4.79 Å². The zero-order valence-electron chi connectivity index (χ0n) is 16.7. The van der Waals surface area contributed by atoms with Crippen LogP contribution in [-0.4, -0.2) is 44.8 Å². The van der Waals surface area contributed by atoms with E-state index in [1.807, 2.05) is 4.90 Å². The Morgan fingerprint density at radius 2 is 1.76 bits per heavy atom. The van der Waals surface area contributed by atoms with Crippen LogP contribution in [0.1, 0.15) is 37.0 Å². The van der Waals surface area contributed by atoms with E-state index >= 15 is 0 Å². The molecule has 0 bridgehead atoms. The summed E-state index contributed by atoms with van der Waals surface area (Å²) >= 11 is 0. The van der Waals surface area contributed by atoms with Gasteiger partial charge >= 0.3 is 0 Å². The highest BCUT2D eigenvalue weighted by atomic mass is 32.2. The summed E-state index contributed by atoms with van der Waals surface area (Å²) in [5.74, 6) is -1.07. The van der Waals surface area contributed by atoms with Crippen LogP contribution in [0.4, 0.5) is 15.8 Å². The molecule has 29 heavy (non-hydrogen) atoms. The first-order valence-electron chi connectivity index (χ1n) is 9.83. The van der Waals surface area contributed by atoms with Crippen molar-refractivity contribution in [2.45, 2.75) is 31.6 Å². The second-order valence-corrected chi connectivity index (χ2v) is 8.84. The van der Waals surface area contributed by atoms with Crippen LogP contribution in [0.5, 0.6) is 0 Å². The smallest absolute Gasteiger partial charge is 0.255 e. The van der Waals surface area contributed by atoms with Crippen LogP contribution in [0.15, 0.2) is 47.4 Å². The number of rotatable bonds is 7. The van der Waals surface area contributed by atoms with Crippen LogP contribution in [0.2, 0.25) is 0 Å². The molecule has 1 heterocycles. The molecular formula is C21H26FN3O3S. The minimum absolute atomic E-state index is 0.0437. The van der Waals surface area contributed by atoms with Crippen LogP contribution in [0, 0.1) is 5.82 Å². The lowest BCUT2D eigenvalue weighted by Crippen LogP contribution is -2.30. The van der Waals surface area contributed by atoms with E-state index in [4.69, 9.17) is 0 Å². The lowest BCUT2D eigenvalue weighted by molar-refractivity contribution is 0.102. The SMILES string of the molecule is CCN(CC)S(=O)(=O)c1cccc(C(=O)Nc2c(F)cccc2N2CCCC2)c1. The summed E-state index contributed by atoms with van der Waals surface area (Å²) < 4.78 is 41.3. The van der Waals surface area contributed by atoms with Gasteiger partial charge in [-0.15, -0.1) is 0 Å². The monoisotopic (exact) mass is 419 g/mol. The Hall–Kier alpha value is -2.45. The number of anilines is 2. The van der Waals surface area contributed by atoms with Crippen molar-refractivity contribution in [1.29, 1.82) is 0 Å². The molecule has 1 fully saturated rings. The molecule has 0 radical (unpaired) electrons. The van der Waals surface area contributed by atoms with Gasteiger partial charge in [0.15, 0.2) is 0 Å². The standard InChI is InChI=1S/C21H26FN3O3S/c1-3-25(4-2)29(27,28)17-10-7-9-16(15-17)21(26)23-20-18(22)11-8-12-19(20)24-13-5-6-14-24/h7-12,15H,3-6,13-14H2,1-2H3,(H,23,26). The van der Waals surface area contributed by atoms with E-state index < -0.39 is 21.7 Å². The Morgan fingerprint density at radius 3 is 2.41 bits per heavy atom. The van der Waals surface area contributed by atoms with Crippen molar-refractivity contribution in [3.05, 3.63) is 53.8 Å². The van der Waals surface area contributed by atoms with Gasteiger partial charge in [-0.2, -0.15) is 4.31 Å². The third kappa shape index (κ3) is 4.43. The third-order valence-electron chi connectivity index (χ3n) is 5.12. The van der Waals surface area contributed by atoms with Gasteiger partial charge in [0.1, 0.15) is 11.5 Å². The molecule has 1 aliphatic rings. The summed E-state index contributed by atoms with van der Waals surface area (Å²) in [7, 11) is -3.69. The Balaban J connectivity index is 1.90. The average molecular weight is 420 g/mol. The van der Waals surface area contributed by atoms with Crippen molar-refractivity contribution in [1.82, 2.24) is 4.31 Å². The van der Waals surface area contributed by atoms with Crippen molar-refractivity contribution in [2.24, 2.45) is 0 Å². The second kappa shape index (κ2) is 8.92. The second-order valence-electron chi connectivity index (χ2n) is 6.90. The van der Waals surface area contributed by atoms with Gasteiger partial charge in [-0.1, -0.05) is 26.0 Å². The maximum atomic E-state index is 14.5. The predicted octanol–water partition coefficient (Wildman–Crippen LogP) is 3.71. The summed E-state index contributed by atoms with van der Waals surface area (Å²) in [4.78, 5) is 14.9. The molecule has 2 aromatic carbocycles. The molecule has 0 atom stereocenters. The fourth-order valence-corrected chi connectivity index (χ4v) is 5.06. The summed E-state index contributed by atoms with van der Waals surface area (Å²) in [5.41, 5.74) is 0.924. The Bertz CT molecular complexity index is 984. The minimum atomic E-state index is -3.69. The highest BCUT2D eigenvalue weighted by Gasteiger charge is 2.24. The molecule has 0 aliphatic carbocycles. The number of sulfonamides is 1. The van der Waals surface area contributed by atoms with Crippen LogP contribution in [-0.2, 0) is 10.0 Å². The molecule has 0 aromatic heterocycles. The van der Waals surface area contributed by atoms with E-state index in [0.717, 1.165) is 25.9 Å². The van der Waals surface area contributed by atoms with Crippen molar-refractivity contribution in [3.63, 3.8) is 0 Å². The van der Waals surface area contributed by atoms with Crippen molar-refractivity contribution in [2.75, 3.05) is 36.4 Å². The number of hydrogen-bond acceptors (Lipinski definition) is 4. The van der Waals surface area contributed by atoms with Gasteiger partial charge in [-0.05, 0) is 43.2 Å². The zero-order chi connectivity index (χ0) is 21.0. The number of para-hydroxylation sites is 1. The van der Waals surface area contributed by atoms with Crippen LogP contribution >= 0.6 is 0 Å². The fourth-order valence-electron chi connectivity index (χ4n) is 3.55. The number of carbonyl (C=O) groups is 1. The van der Waals surface area contributed by atoms with Gasteiger partial charge in [0.05, 0.1) is 10.6 Å². The highest BCUT2D eigenvalue weighted by Crippen LogP contribution is 2.31. The Kier molecular flexibility index (Phi) is 6.54. The number of amides is 1. The molecule has 3 rings (SSSR count). The van der Waals surface area contributed by atoms with Crippen molar-refractivity contribution < 1.29 is 17.6 Å². The maximum Gasteiger partial charge on any atom is 0.255 e. The molecule has 1 N–H and O–H groups in total. The molecule has 0 saturated carbocycles. The van der Waals surface area contributed by atoms with Gasteiger partial charge in [0.25, 0.3) is 5.91 Å². The van der Waals surface area contributed by atoms with E-state index in [0.29, 0.717) is 18.8 Å². The Labute approximate surface area is 171 Å². The summed E-state index contributed by atoms with van der Waals surface area (Å²) in [5, 5.41) is 2.64. The predicted molar refractivity (Wildman–Crippen MR) is 112 cm³/mol. The number of hydrogen-bond donors (Lipinski definition) is 1. The van der Waals surface area contributed by atoms with E-state index in [1.54, 1.807) is 26.0 Å². The third-order valence-corrected chi connectivity index (χ3v) is 7.16. The summed E-state index contributed by atoms with van der Waals surface area (Å²) in [6.45, 7) is 5.81. The summed E-state index contributed by atoms with van der Waals surface area (Å²) in [6, 6.07) is 10.5. The molecule has 1 aliphatic heterocycles. The van der Waals surface area contributed by atoms with E-state index in [1.165, 1.54) is 34.6 Å². The first-order chi connectivity index (χ1) is 13.9. The number of halogens is 1.